The molecular weight excluding hydrogens is 504 g/mol. The molecule has 5 rings (SSSR count). The summed E-state index contributed by atoms with van der Waals surface area (Å²) in [6.07, 6.45) is 6.12. The van der Waals surface area contributed by atoms with Crippen LogP contribution in [0.4, 0.5) is 0 Å². The van der Waals surface area contributed by atoms with Gasteiger partial charge in [-0.25, -0.2) is 4.79 Å². The molecule has 2 aliphatic carbocycles. The molecular formula is C29H34N2O4S2. The van der Waals surface area contributed by atoms with Crippen molar-refractivity contribution in [3.05, 3.63) is 80.2 Å². The Morgan fingerprint density at radius 3 is 2.32 bits per heavy atom. The van der Waals surface area contributed by atoms with E-state index in [0.717, 1.165) is 45.1 Å². The van der Waals surface area contributed by atoms with Crippen LogP contribution in [-0.2, 0) is 21.6 Å². The maximum atomic E-state index is 13.5. The predicted octanol–water partition coefficient (Wildman–Crippen LogP) is 4.81. The molecule has 3 aromatic rings. The quantitative estimate of drug-likeness (QED) is 0.270. The molecule has 3 N–H and O–H groups in total. The molecule has 2 heterocycles. The summed E-state index contributed by atoms with van der Waals surface area (Å²) in [5.74, 6) is -0.298. The van der Waals surface area contributed by atoms with Gasteiger partial charge < -0.3 is 20.5 Å². The highest BCUT2D eigenvalue weighted by Crippen LogP contribution is 2.49. The van der Waals surface area contributed by atoms with Crippen molar-refractivity contribution in [2.24, 2.45) is 17.6 Å². The first-order valence-corrected chi connectivity index (χ1v) is 14.7. The summed E-state index contributed by atoms with van der Waals surface area (Å²) in [6.45, 7) is 0.988. The monoisotopic (exact) mass is 538 g/mol. The normalized spacial score (nSPS) is 23.0. The van der Waals surface area contributed by atoms with Gasteiger partial charge in [0.2, 0.25) is 11.5 Å². The zero-order valence-corrected chi connectivity index (χ0v) is 22.7. The Morgan fingerprint density at radius 2 is 1.73 bits per heavy atom. The number of amides is 1. The second-order valence-corrected chi connectivity index (χ2v) is 12.2. The van der Waals surface area contributed by atoms with Gasteiger partial charge in [-0.15, -0.1) is 22.7 Å². The molecule has 2 bridgehead atoms. The summed E-state index contributed by atoms with van der Waals surface area (Å²) in [4.78, 5) is 28.4. The van der Waals surface area contributed by atoms with Gasteiger partial charge in [0.1, 0.15) is 6.10 Å². The van der Waals surface area contributed by atoms with Crippen LogP contribution in [0.25, 0.3) is 0 Å². The standard InChI is InChI=1S/C29H34N2O4S2/c1-31(15-3-2-6-19-9-11-20(12-10-19)27(30)32)23-18-21-13-14-22(23)26(21)35-28(33)29(34,24-7-4-16-36-24)25-8-5-17-37-25/h4-5,7-12,16-17,21-23,26,34H,2-3,6,13-15,18H2,1H3,(H2,30,32). The summed E-state index contributed by atoms with van der Waals surface area (Å²) < 4.78 is 6.17. The molecule has 2 aliphatic rings. The van der Waals surface area contributed by atoms with Crippen molar-refractivity contribution in [3.63, 3.8) is 0 Å². The number of benzene rings is 1. The number of unbranched alkanes of at least 4 members (excludes halogenated alkanes) is 1. The molecule has 1 amide bonds. The van der Waals surface area contributed by atoms with Crippen molar-refractivity contribution >= 4 is 34.6 Å². The van der Waals surface area contributed by atoms with Crippen molar-refractivity contribution < 1.29 is 19.4 Å². The van der Waals surface area contributed by atoms with Crippen LogP contribution in [0.15, 0.2) is 59.3 Å². The average Bonchev–Trinajstić information content (AvgIpc) is 3.72. The molecule has 2 fully saturated rings. The van der Waals surface area contributed by atoms with Crippen LogP contribution in [0, 0.1) is 11.8 Å². The fraction of sp³-hybridized carbons (Fsp3) is 0.448. The number of fused-ring (bicyclic) bond motifs is 2. The van der Waals surface area contributed by atoms with Crippen LogP contribution in [0.2, 0.25) is 0 Å². The van der Waals surface area contributed by atoms with Crippen LogP contribution < -0.4 is 5.73 Å². The largest absolute Gasteiger partial charge is 0.459 e. The van der Waals surface area contributed by atoms with E-state index in [1.165, 1.54) is 28.2 Å². The second kappa shape index (κ2) is 11.1. The Kier molecular flexibility index (Phi) is 7.81. The zero-order valence-electron chi connectivity index (χ0n) is 21.0. The summed E-state index contributed by atoms with van der Waals surface area (Å²) in [5.41, 5.74) is 5.33. The number of carbonyl (C=O) groups excluding carboxylic acids is 2. The molecule has 2 aromatic heterocycles. The molecule has 0 radical (unpaired) electrons. The first-order chi connectivity index (χ1) is 17.9. The molecule has 0 spiro atoms. The minimum absolute atomic E-state index is 0.143. The van der Waals surface area contributed by atoms with Gasteiger partial charge in [-0.2, -0.15) is 0 Å². The number of nitrogens with zero attached hydrogens (tertiary/aromatic N) is 1. The van der Waals surface area contributed by atoms with Crippen molar-refractivity contribution in [3.8, 4) is 0 Å². The van der Waals surface area contributed by atoms with E-state index < -0.39 is 17.5 Å². The van der Waals surface area contributed by atoms with Gasteiger partial charge in [0.05, 0.1) is 9.75 Å². The SMILES string of the molecule is CN(CCCCc1ccc(C(N)=O)cc1)C1CC2CCC1C2OC(=O)C(O)(c1cccs1)c1cccs1. The lowest BCUT2D eigenvalue weighted by Gasteiger charge is -2.32. The van der Waals surface area contributed by atoms with Gasteiger partial charge in [0.15, 0.2) is 0 Å². The predicted molar refractivity (Wildman–Crippen MR) is 147 cm³/mol. The number of rotatable bonds is 11. The molecule has 37 heavy (non-hydrogen) atoms. The fourth-order valence-corrected chi connectivity index (χ4v) is 7.83. The van der Waals surface area contributed by atoms with Crippen molar-refractivity contribution in [2.45, 2.75) is 56.3 Å². The van der Waals surface area contributed by atoms with Crippen molar-refractivity contribution in [1.29, 1.82) is 0 Å². The summed E-state index contributed by atoms with van der Waals surface area (Å²) in [7, 11) is 2.18. The third-order valence-electron chi connectivity index (χ3n) is 8.12. The first kappa shape index (κ1) is 26.1. The number of nitrogens with two attached hydrogens (primary N) is 1. The highest BCUT2D eigenvalue weighted by atomic mass is 32.1. The zero-order chi connectivity index (χ0) is 26.0. The minimum atomic E-state index is -1.75. The van der Waals surface area contributed by atoms with Crippen molar-refractivity contribution in [1.82, 2.24) is 4.90 Å². The second-order valence-electron chi connectivity index (χ2n) is 10.3. The highest BCUT2D eigenvalue weighted by Gasteiger charge is 2.54. The molecule has 8 heteroatoms. The van der Waals surface area contributed by atoms with E-state index >= 15 is 0 Å². The lowest BCUT2D eigenvalue weighted by atomic mass is 9.94. The van der Waals surface area contributed by atoms with Gasteiger partial charge in [-0.3, -0.25) is 4.79 Å². The molecule has 4 unspecified atom stereocenters. The van der Waals surface area contributed by atoms with Gasteiger partial charge in [-0.1, -0.05) is 24.3 Å². The number of primary amides is 1. The third-order valence-corrected chi connectivity index (χ3v) is 10.1. The van der Waals surface area contributed by atoms with Crippen LogP contribution in [0.1, 0.15) is 57.8 Å². The number of thiophene rings is 2. The van der Waals surface area contributed by atoms with Crippen LogP contribution >= 0.6 is 22.7 Å². The van der Waals surface area contributed by atoms with E-state index in [0.29, 0.717) is 33.2 Å². The topological polar surface area (TPSA) is 92.9 Å². The van der Waals surface area contributed by atoms with Crippen LogP contribution in [0.5, 0.6) is 0 Å². The molecule has 2 saturated carbocycles. The maximum Gasteiger partial charge on any atom is 0.349 e. The first-order valence-electron chi connectivity index (χ1n) is 13.0. The number of esters is 1. The summed E-state index contributed by atoms with van der Waals surface area (Å²) in [5, 5.41) is 15.4. The van der Waals surface area contributed by atoms with E-state index in [9.17, 15) is 14.7 Å². The molecule has 196 valence electrons. The summed E-state index contributed by atoms with van der Waals surface area (Å²) in [6, 6.07) is 15.2. The van der Waals surface area contributed by atoms with E-state index in [2.05, 4.69) is 11.9 Å². The molecule has 0 aliphatic heterocycles. The summed E-state index contributed by atoms with van der Waals surface area (Å²) >= 11 is 2.75. The lowest BCUT2D eigenvalue weighted by Crippen LogP contribution is -2.42. The fourth-order valence-electron chi connectivity index (χ4n) is 6.12. The van der Waals surface area contributed by atoms with E-state index in [4.69, 9.17) is 10.5 Å². The van der Waals surface area contributed by atoms with Gasteiger partial charge in [0, 0.05) is 17.5 Å². The molecule has 4 atom stereocenters. The minimum Gasteiger partial charge on any atom is -0.459 e. The number of carbonyl (C=O) groups is 2. The third kappa shape index (κ3) is 5.25. The lowest BCUT2D eigenvalue weighted by molar-refractivity contribution is -0.170. The van der Waals surface area contributed by atoms with Crippen molar-refractivity contribution in [2.75, 3.05) is 13.6 Å². The Labute approximate surface area is 226 Å². The van der Waals surface area contributed by atoms with Gasteiger partial charge in [-0.05, 0) is 98.6 Å². The maximum absolute atomic E-state index is 13.5. The number of hydrogen-bond acceptors (Lipinski definition) is 7. The molecule has 1 aromatic carbocycles. The van der Waals surface area contributed by atoms with Gasteiger partial charge in [0.25, 0.3) is 0 Å². The Bertz CT molecular complexity index is 1160. The van der Waals surface area contributed by atoms with Crippen LogP contribution in [-0.4, -0.2) is 47.6 Å². The number of aryl methyl sites for hydroxylation is 1. The number of ether oxygens (including phenoxy) is 1. The average molecular weight is 539 g/mol. The molecule has 0 saturated heterocycles. The van der Waals surface area contributed by atoms with Crippen LogP contribution in [0.3, 0.4) is 0 Å². The number of hydrogen-bond donors (Lipinski definition) is 2. The van der Waals surface area contributed by atoms with Gasteiger partial charge >= 0.3 is 5.97 Å². The number of aliphatic hydroxyl groups is 1. The Morgan fingerprint density at radius 1 is 1.05 bits per heavy atom. The Balaban J connectivity index is 1.16. The van der Waals surface area contributed by atoms with E-state index in [1.807, 2.05) is 35.0 Å². The van der Waals surface area contributed by atoms with E-state index in [1.54, 1.807) is 24.3 Å². The Hall–Kier alpha value is -2.52. The molecule has 6 nitrogen and oxygen atoms in total. The smallest absolute Gasteiger partial charge is 0.349 e. The highest BCUT2D eigenvalue weighted by molar-refractivity contribution is 7.12. The van der Waals surface area contributed by atoms with E-state index in [-0.39, 0.29) is 6.10 Å².